The maximum absolute atomic E-state index is 12.8. The number of para-hydroxylation sites is 1. The molecule has 4 rings (SSSR count). The van der Waals surface area contributed by atoms with Crippen molar-refractivity contribution in [1.82, 2.24) is 4.57 Å². The van der Waals surface area contributed by atoms with Gasteiger partial charge >= 0.3 is 0 Å². The monoisotopic (exact) mass is 406 g/mol. The molecule has 29 heavy (non-hydrogen) atoms. The third kappa shape index (κ3) is 3.81. The highest BCUT2D eigenvalue weighted by Gasteiger charge is 2.19. The van der Waals surface area contributed by atoms with Crippen molar-refractivity contribution in [3.8, 4) is 5.75 Å². The van der Waals surface area contributed by atoms with Gasteiger partial charge in [0.15, 0.2) is 6.10 Å². The summed E-state index contributed by atoms with van der Waals surface area (Å²) in [4.78, 5) is 12.8. The van der Waals surface area contributed by atoms with Crippen LogP contribution in [-0.4, -0.2) is 16.6 Å². The lowest BCUT2D eigenvalue weighted by Gasteiger charge is -2.17. The van der Waals surface area contributed by atoms with Crippen molar-refractivity contribution in [2.75, 3.05) is 5.32 Å². The van der Waals surface area contributed by atoms with Crippen LogP contribution in [0.3, 0.4) is 0 Å². The Kier molecular flexibility index (Phi) is 5.45. The molecule has 0 aliphatic rings. The number of ether oxygens (including phenoxy) is 1. The largest absolute Gasteiger partial charge is 0.481 e. The normalized spacial score (nSPS) is 12.2. The highest BCUT2D eigenvalue weighted by atomic mass is 35.5. The standard InChI is InChI=1S/C24H23ClN2O2/c1-3-23(29-18-12-9-16(25)10-13-18)24(28)26-17-11-14-22-20(15-17)19-7-5-6-8-21(19)27(22)4-2/h5-15,23H,3-4H2,1-2H3,(H,26,28)/t23-/m0/s1. The van der Waals surface area contributed by atoms with Crippen molar-refractivity contribution in [2.45, 2.75) is 32.9 Å². The minimum atomic E-state index is -0.580. The quantitative estimate of drug-likeness (QED) is 0.410. The Balaban J connectivity index is 1.60. The molecule has 4 aromatic rings. The van der Waals surface area contributed by atoms with E-state index in [4.69, 9.17) is 16.3 Å². The number of hydrogen-bond donors (Lipinski definition) is 1. The number of anilines is 1. The summed E-state index contributed by atoms with van der Waals surface area (Å²) < 4.78 is 8.14. The smallest absolute Gasteiger partial charge is 0.265 e. The van der Waals surface area contributed by atoms with Gasteiger partial charge in [0.25, 0.3) is 5.91 Å². The Bertz CT molecular complexity index is 1160. The summed E-state index contributed by atoms with van der Waals surface area (Å²) in [7, 11) is 0. The van der Waals surface area contributed by atoms with Crippen LogP contribution in [-0.2, 0) is 11.3 Å². The minimum Gasteiger partial charge on any atom is -0.481 e. The van der Waals surface area contributed by atoms with Crippen molar-refractivity contribution < 1.29 is 9.53 Å². The van der Waals surface area contributed by atoms with E-state index in [0.717, 1.165) is 23.1 Å². The molecule has 4 nitrogen and oxygen atoms in total. The number of nitrogens with one attached hydrogen (secondary N) is 1. The molecule has 0 unspecified atom stereocenters. The predicted molar refractivity (Wildman–Crippen MR) is 120 cm³/mol. The number of amides is 1. The fourth-order valence-corrected chi connectivity index (χ4v) is 3.82. The number of benzene rings is 3. The number of carbonyl (C=O) groups excluding carboxylic acids is 1. The average molecular weight is 407 g/mol. The van der Waals surface area contributed by atoms with Gasteiger partial charge in [0, 0.05) is 39.1 Å². The van der Waals surface area contributed by atoms with Crippen LogP contribution < -0.4 is 10.1 Å². The molecule has 0 spiro atoms. The molecule has 0 aliphatic carbocycles. The second-order valence-corrected chi connectivity index (χ2v) is 7.39. The first-order valence-corrected chi connectivity index (χ1v) is 10.2. The van der Waals surface area contributed by atoms with E-state index >= 15 is 0 Å². The van der Waals surface area contributed by atoms with Crippen LogP contribution in [0.15, 0.2) is 66.7 Å². The highest BCUT2D eigenvalue weighted by molar-refractivity contribution is 6.30. The van der Waals surface area contributed by atoms with Crippen LogP contribution in [0.1, 0.15) is 20.3 Å². The summed E-state index contributed by atoms with van der Waals surface area (Å²) in [6.07, 6.45) is -0.0184. The Hall–Kier alpha value is -2.98. The second kappa shape index (κ2) is 8.18. The number of aromatic nitrogens is 1. The Morgan fingerprint density at radius 2 is 1.72 bits per heavy atom. The number of rotatable bonds is 6. The lowest BCUT2D eigenvalue weighted by Crippen LogP contribution is -2.32. The third-order valence-electron chi connectivity index (χ3n) is 5.11. The van der Waals surface area contributed by atoms with Gasteiger partial charge in [-0.3, -0.25) is 4.79 Å². The number of carbonyl (C=O) groups is 1. The molecule has 0 fully saturated rings. The van der Waals surface area contributed by atoms with E-state index < -0.39 is 6.10 Å². The molecule has 1 atom stereocenters. The van der Waals surface area contributed by atoms with Gasteiger partial charge in [-0.2, -0.15) is 0 Å². The van der Waals surface area contributed by atoms with Gasteiger partial charge < -0.3 is 14.6 Å². The molecule has 5 heteroatoms. The molecule has 148 valence electrons. The second-order valence-electron chi connectivity index (χ2n) is 6.95. The third-order valence-corrected chi connectivity index (χ3v) is 5.36. The van der Waals surface area contributed by atoms with Crippen LogP contribution in [0.2, 0.25) is 5.02 Å². The first-order valence-electron chi connectivity index (χ1n) is 9.84. The van der Waals surface area contributed by atoms with E-state index in [0.29, 0.717) is 17.2 Å². The van der Waals surface area contributed by atoms with Gasteiger partial charge in [-0.1, -0.05) is 36.7 Å². The molecule has 1 aromatic heterocycles. The van der Waals surface area contributed by atoms with Crippen LogP contribution in [0.5, 0.6) is 5.75 Å². The highest BCUT2D eigenvalue weighted by Crippen LogP contribution is 2.31. The lowest BCUT2D eigenvalue weighted by atomic mass is 10.1. The summed E-state index contributed by atoms with van der Waals surface area (Å²) in [5.74, 6) is 0.457. The molecule has 0 saturated carbocycles. The van der Waals surface area contributed by atoms with E-state index in [1.807, 2.05) is 25.1 Å². The van der Waals surface area contributed by atoms with Crippen LogP contribution in [0, 0.1) is 0 Å². The first-order chi connectivity index (χ1) is 14.1. The summed E-state index contributed by atoms with van der Waals surface area (Å²) in [6, 6.07) is 21.4. The molecule has 0 saturated heterocycles. The Morgan fingerprint density at radius 1 is 1.00 bits per heavy atom. The zero-order chi connectivity index (χ0) is 20.4. The molecule has 3 aromatic carbocycles. The molecule has 0 bridgehead atoms. The Labute approximate surface area is 175 Å². The Morgan fingerprint density at radius 3 is 2.45 bits per heavy atom. The SMILES string of the molecule is CC[C@H](Oc1ccc(Cl)cc1)C(=O)Nc1ccc2c(c1)c1ccccc1n2CC. The lowest BCUT2D eigenvalue weighted by molar-refractivity contribution is -0.122. The zero-order valence-electron chi connectivity index (χ0n) is 16.5. The molecule has 0 aliphatic heterocycles. The van der Waals surface area contributed by atoms with Crippen LogP contribution >= 0.6 is 11.6 Å². The van der Waals surface area contributed by atoms with E-state index in [1.165, 1.54) is 10.9 Å². The number of fused-ring (bicyclic) bond motifs is 3. The van der Waals surface area contributed by atoms with Crippen molar-refractivity contribution in [2.24, 2.45) is 0 Å². The van der Waals surface area contributed by atoms with Crippen molar-refractivity contribution in [3.63, 3.8) is 0 Å². The molecule has 1 heterocycles. The fraction of sp³-hybridized carbons (Fsp3) is 0.208. The zero-order valence-corrected chi connectivity index (χ0v) is 17.2. The van der Waals surface area contributed by atoms with Gasteiger partial charge in [0.1, 0.15) is 5.75 Å². The van der Waals surface area contributed by atoms with Crippen molar-refractivity contribution >= 4 is 45.0 Å². The minimum absolute atomic E-state index is 0.166. The number of aryl methyl sites for hydroxylation is 1. The van der Waals surface area contributed by atoms with Crippen molar-refractivity contribution in [1.29, 1.82) is 0 Å². The van der Waals surface area contributed by atoms with Crippen molar-refractivity contribution in [3.05, 3.63) is 71.8 Å². The number of halogens is 1. The maximum Gasteiger partial charge on any atom is 0.265 e. The average Bonchev–Trinajstić information content (AvgIpc) is 3.06. The van der Waals surface area contributed by atoms with E-state index in [1.54, 1.807) is 24.3 Å². The van der Waals surface area contributed by atoms with Gasteiger partial charge in [0.2, 0.25) is 0 Å². The van der Waals surface area contributed by atoms with E-state index in [9.17, 15) is 4.79 Å². The summed E-state index contributed by atoms with van der Waals surface area (Å²) in [6.45, 7) is 4.96. The molecule has 1 amide bonds. The van der Waals surface area contributed by atoms with Gasteiger partial charge in [-0.25, -0.2) is 0 Å². The summed E-state index contributed by atoms with van der Waals surface area (Å²) in [5.41, 5.74) is 3.13. The maximum atomic E-state index is 12.8. The molecule has 1 N–H and O–H groups in total. The van der Waals surface area contributed by atoms with Crippen LogP contribution in [0.4, 0.5) is 5.69 Å². The van der Waals surface area contributed by atoms with Gasteiger partial charge in [-0.05, 0) is 61.9 Å². The summed E-state index contributed by atoms with van der Waals surface area (Å²) >= 11 is 5.92. The van der Waals surface area contributed by atoms with E-state index in [2.05, 4.69) is 41.1 Å². The predicted octanol–water partition coefficient (Wildman–Crippen LogP) is 6.26. The van der Waals surface area contributed by atoms with Gasteiger partial charge in [-0.15, -0.1) is 0 Å². The first kappa shape index (κ1) is 19.3. The molecular weight excluding hydrogens is 384 g/mol. The topological polar surface area (TPSA) is 43.3 Å². The fourth-order valence-electron chi connectivity index (χ4n) is 3.69. The number of nitrogens with zero attached hydrogens (tertiary/aromatic N) is 1. The van der Waals surface area contributed by atoms with Gasteiger partial charge in [0.05, 0.1) is 0 Å². The number of hydrogen-bond acceptors (Lipinski definition) is 2. The molecular formula is C24H23ClN2O2. The molecule has 0 radical (unpaired) electrons. The van der Waals surface area contributed by atoms with E-state index in [-0.39, 0.29) is 5.91 Å². The summed E-state index contributed by atoms with van der Waals surface area (Å²) in [5, 5.41) is 5.96. The van der Waals surface area contributed by atoms with Crippen LogP contribution in [0.25, 0.3) is 21.8 Å².